The van der Waals surface area contributed by atoms with Gasteiger partial charge < -0.3 is 10.3 Å². The first-order valence-corrected chi connectivity index (χ1v) is 5.47. The van der Waals surface area contributed by atoms with Gasteiger partial charge in [0.15, 0.2) is 0 Å². The number of aromatic nitrogens is 3. The lowest BCUT2D eigenvalue weighted by atomic mass is 10.2. The molecule has 0 fully saturated rings. The van der Waals surface area contributed by atoms with Crippen LogP contribution in [0.25, 0.3) is 11.0 Å². The summed E-state index contributed by atoms with van der Waals surface area (Å²) in [4.78, 5) is 23.0. The zero-order valence-electron chi connectivity index (χ0n) is 9.42. The molecular formula is C13H10N4O. The fraction of sp³-hybridized carbons (Fsp3) is 0. The lowest BCUT2D eigenvalue weighted by Crippen LogP contribution is -2.11. The quantitative estimate of drug-likeness (QED) is 0.719. The lowest BCUT2D eigenvalue weighted by molar-refractivity contribution is 0.102. The number of hydrogen-bond donors (Lipinski definition) is 2. The molecule has 3 rings (SSSR count). The van der Waals surface area contributed by atoms with Gasteiger partial charge in [-0.3, -0.25) is 9.78 Å². The van der Waals surface area contributed by atoms with E-state index in [0.29, 0.717) is 11.3 Å². The molecule has 3 aromatic rings. The van der Waals surface area contributed by atoms with E-state index in [9.17, 15) is 4.79 Å². The molecule has 0 atom stereocenters. The highest BCUT2D eigenvalue weighted by Gasteiger charge is 2.07. The van der Waals surface area contributed by atoms with Crippen LogP contribution in [0.3, 0.4) is 0 Å². The summed E-state index contributed by atoms with van der Waals surface area (Å²) >= 11 is 0. The highest BCUT2D eigenvalue weighted by atomic mass is 16.1. The summed E-state index contributed by atoms with van der Waals surface area (Å²) in [6.07, 6.45) is 4.87. The first kappa shape index (κ1) is 10.5. The summed E-state index contributed by atoms with van der Waals surface area (Å²) in [6, 6.07) is 8.89. The number of aromatic amines is 1. The van der Waals surface area contributed by atoms with Crippen molar-refractivity contribution in [2.75, 3.05) is 5.32 Å². The van der Waals surface area contributed by atoms with Gasteiger partial charge in [0.2, 0.25) is 0 Å². The van der Waals surface area contributed by atoms with Gasteiger partial charge in [-0.15, -0.1) is 0 Å². The second-order valence-electron chi connectivity index (χ2n) is 3.83. The molecule has 0 aliphatic carbocycles. The van der Waals surface area contributed by atoms with Crippen molar-refractivity contribution in [2.45, 2.75) is 0 Å². The summed E-state index contributed by atoms with van der Waals surface area (Å²) in [5.74, 6) is -0.167. The van der Waals surface area contributed by atoms with Crippen LogP contribution in [0.5, 0.6) is 0 Å². The number of amides is 1. The molecule has 5 nitrogen and oxygen atoms in total. The largest absolute Gasteiger partial charge is 0.345 e. The van der Waals surface area contributed by atoms with Crippen molar-refractivity contribution in [3.8, 4) is 0 Å². The molecule has 1 aromatic carbocycles. The molecule has 0 saturated heterocycles. The third kappa shape index (κ3) is 1.93. The normalized spacial score (nSPS) is 10.4. The number of nitrogens with zero attached hydrogens (tertiary/aromatic N) is 2. The van der Waals surface area contributed by atoms with E-state index in [1.54, 1.807) is 43.0 Å². The second kappa shape index (κ2) is 4.29. The number of nitrogens with one attached hydrogen (secondary N) is 2. The van der Waals surface area contributed by atoms with Crippen LogP contribution in [-0.4, -0.2) is 20.9 Å². The van der Waals surface area contributed by atoms with E-state index in [4.69, 9.17) is 0 Å². The number of H-pyrrole nitrogens is 1. The Labute approximate surface area is 103 Å². The summed E-state index contributed by atoms with van der Waals surface area (Å²) < 4.78 is 0. The van der Waals surface area contributed by atoms with Gasteiger partial charge in [0.05, 0.1) is 29.2 Å². The number of anilines is 1. The molecule has 0 aliphatic heterocycles. The Bertz CT molecular complexity index is 690. The maximum absolute atomic E-state index is 12.0. The van der Waals surface area contributed by atoms with Crippen molar-refractivity contribution in [3.63, 3.8) is 0 Å². The summed E-state index contributed by atoms with van der Waals surface area (Å²) in [5, 5.41) is 2.78. The molecule has 2 heterocycles. The number of hydrogen-bond acceptors (Lipinski definition) is 3. The van der Waals surface area contributed by atoms with Crippen molar-refractivity contribution in [2.24, 2.45) is 0 Å². The van der Waals surface area contributed by atoms with Gasteiger partial charge in [0.1, 0.15) is 0 Å². The lowest BCUT2D eigenvalue weighted by Gasteiger charge is -2.04. The van der Waals surface area contributed by atoms with Crippen molar-refractivity contribution in [3.05, 3.63) is 54.6 Å². The number of rotatable bonds is 2. The smallest absolute Gasteiger partial charge is 0.255 e. The highest BCUT2D eigenvalue weighted by molar-refractivity contribution is 6.05. The van der Waals surface area contributed by atoms with Crippen LogP contribution in [-0.2, 0) is 0 Å². The summed E-state index contributed by atoms with van der Waals surface area (Å²) in [5.41, 5.74) is 2.93. The van der Waals surface area contributed by atoms with Crippen LogP contribution in [0.2, 0.25) is 0 Å². The van der Waals surface area contributed by atoms with E-state index in [2.05, 4.69) is 20.3 Å². The standard InChI is InChI=1S/C13H10N4O/c18-13(17-10-2-1-5-14-7-10)9-3-4-11-12(6-9)16-8-15-11/h1-8H,(H,15,16)(H,17,18). The molecule has 0 bridgehead atoms. The van der Waals surface area contributed by atoms with E-state index < -0.39 is 0 Å². The first-order chi connectivity index (χ1) is 8.83. The van der Waals surface area contributed by atoms with Gasteiger partial charge in [-0.05, 0) is 30.3 Å². The van der Waals surface area contributed by atoms with Crippen molar-refractivity contribution in [1.29, 1.82) is 0 Å². The number of imidazole rings is 1. The van der Waals surface area contributed by atoms with Crippen LogP contribution in [0.4, 0.5) is 5.69 Å². The second-order valence-corrected chi connectivity index (χ2v) is 3.83. The van der Waals surface area contributed by atoms with Crippen molar-refractivity contribution < 1.29 is 4.79 Å². The van der Waals surface area contributed by atoms with Gasteiger partial charge in [-0.25, -0.2) is 4.98 Å². The van der Waals surface area contributed by atoms with Gasteiger partial charge in [0, 0.05) is 11.8 Å². The Morgan fingerprint density at radius 3 is 3.06 bits per heavy atom. The molecule has 2 aromatic heterocycles. The van der Waals surface area contributed by atoms with E-state index >= 15 is 0 Å². The van der Waals surface area contributed by atoms with Crippen LogP contribution in [0, 0.1) is 0 Å². The van der Waals surface area contributed by atoms with E-state index in [0.717, 1.165) is 11.0 Å². The molecule has 18 heavy (non-hydrogen) atoms. The molecule has 0 aliphatic rings. The van der Waals surface area contributed by atoms with Gasteiger partial charge in [-0.2, -0.15) is 0 Å². The van der Waals surface area contributed by atoms with Crippen LogP contribution < -0.4 is 5.32 Å². The average Bonchev–Trinajstić information content (AvgIpc) is 2.87. The first-order valence-electron chi connectivity index (χ1n) is 5.47. The minimum Gasteiger partial charge on any atom is -0.345 e. The monoisotopic (exact) mass is 238 g/mol. The SMILES string of the molecule is O=C(Nc1cccnc1)c1ccc2nc[nH]c2c1. The number of pyridine rings is 1. The van der Waals surface area contributed by atoms with Gasteiger partial charge in [0.25, 0.3) is 5.91 Å². The Kier molecular flexibility index (Phi) is 2.49. The zero-order valence-corrected chi connectivity index (χ0v) is 9.42. The van der Waals surface area contributed by atoms with E-state index in [1.165, 1.54) is 0 Å². The Balaban J connectivity index is 1.87. The van der Waals surface area contributed by atoms with Gasteiger partial charge >= 0.3 is 0 Å². The van der Waals surface area contributed by atoms with Crippen LogP contribution >= 0.6 is 0 Å². The molecule has 1 amide bonds. The molecule has 0 spiro atoms. The predicted molar refractivity (Wildman–Crippen MR) is 68.3 cm³/mol. The topological polar surface area (TPSA) is 70.7 Å². The predicted octanol–water partition coefficient (Wildman–Crippen LogP) is 2.21. The van der Waals surface area contributed by atoms with E-state index in [1.807, 2.05) is 6.07 Å². The number of carbonyl (C=O) groups excluding carboxylic acids is 1. The molecular weight excluding hydrogens is 228 g/mol. The molecule has 0 saturated carbocycles. The molecule has 0 unspecified atom stereocenters. The van der Waals surface area contributed by atoms with Crippen LogP contribution in [0.1, 0.15) is 10.4 Å². The maximum Gasteiger partial charge on any atom is 0.255 e. The molecule has 88 valence electrons. The number of fused-ring (bicyclic) bond motifs is 1. The molecule has 5 heteroatoms. The zero-order chi connectivity index (χ0) is 12.4. The third-order valence-electron chi connectivity index (χ3n) is 2.60. The average molecular weight is 238 g/mol. The summed E-state index contributed by atoms with van der Waals surface area (Å²) in [7, 11) is 0. The Morgan fingerprint density at radius 2 is 2.22 bits per heavy atom. The molecule has 2 N–H and O–H groups in total. The number of carbonyl (C=O) groups is 1. The third-order valence-corrected chi connectivity index (χ3v) is 2.60. The molecule has 0 radical (unpaired) electrons. The van der Waals surface area contributed by atoms with Gasteiger partial charge in [-0.1, -0.05) is 0 Å². The summed E-state index contributed by atoms with van der Waals surface area (Å²) in [6.45, 7) is 0. The van der Waals surface area contributed by atoms with Crippen molar-refractivity contribution >= 4 is 22.6 Å². The highest BCUT2D eigenvalue weighted by Crippen LogP contribution is 2.13. The van der Waals surface area contributed by atoms with E-state index in [-0.39, 0.29) is 5.91 Å². The fourth-order valence-corrected chi connectivity index (χ4v) is 1.72. The minimum absolute atomic E-state index is 0.167. The van der Waals surface area contributed by atoms with Crippen molar-refractivity contribution in [1.82, 2.24) is 15.0 Å². The fourth-order valence-electron chi connectivity index (χ4n) is 1.72. The Hall–Kier alpha value is -2.69. The van der Waals surface area contributed by atoms with Crippen LogP contribution in [0.15, 0.2) is 49.1 Å². The Morgan fingerprint density at radius 1 is 1.28 bits per heavy atom. The number of benzene rings is 1. The minimum atomic E-state index is -0.167. The maximum atomic E-state index is 12.0.